The van der Waals surface area contributed by atoms with E-state index < -0.39 is 0 Å². The minimum Gasteiger partial charge on any atom is -0.494 e. The van der Waals surface area contributed by atoms with Crippen LogP contribution in [0.25, 0.3) is 10.8 Å². The lowest BCUT2D eigenvalue weighted by atomic mass is 10.1. The Morgan fingerprint density at radius 2 is 1.81 bits per heavy atom. The van der Waals surface area contributed by atoms with Gasteiger partial charge in [0, 0.05) is 19.6 Å². The van der Waals surface area contributed by atoms with Crippen LogP contribution < -0.4 is 20.7 Å². The number of amides is 1. The summed E-state index contributed by atoms with van der Waals surface area (Å²) in [6, 6.07) is 14.4. The van der Waals surface area contributed by atoms with Crippen molar-refractivity contribution in [3.8, 4) is 5.75 Å². The molecule has 3 N–H and O–H groups in total. The van der Waals surface area contributed by atoms with Crippen LogP contribution in [0.1, 0.15) is 26.7 Å². The number of hydrogen-bond donors (Lipinski definition) is 3. The molecule has 0 aromatic heterocycles. The summed E-state index contributed by atoms with van der Waals surface area (Å²) in [5.74, 6) is 1.46. The number of nitrogens with zero attached hydrogens (tertiary/aromatic N) is 1. The molecule has 0 fully saturated rings. The fraction of sp³-hybridized carbons (Fsp3) is 0.429. The van der Waals surface area contributed by atoms with Crippen molar-refractivity contribution in [1.29, 1.82) is 0 Å². The van der Waals surface area contributed by atoms with E-state index >= 15 is 0 Å². The van der Waals surface area contributed by atoms with Crippen molar-refractivity contribution in [2.24, 2.45) is 4.99 Å². The molecule has 6 nitrogen and oxygen atoms in total. The highest BCUT2D eigenvalue weighted by Gasteiger charge is 2.02. The Morgan fingerprint density at radius 1 is 1.00 bits per heavy atom. The molecule has 0 radical (unpaired) electrons. The Kier molecular flexibility index (Phi) is 8.96. The molecule has 2 aromatic rings. The van der Waals surface area contributed by atoms with Crippen LogP contribution in [0.3, 0.4) is 0 Å². The number of carbonyl (C=O) groups excluding carboxylic acids is 1. The molecule has 2 rings (SSSR count). The second kappa shape index (κ2) is 11.8. The van der Waals surface area contributed by atoms with Crippen LogP contribution in [0.15, 0.2) is 47.5 Å². The third kappa shape index (κ3) is 7.56. The number of nitrogens with one attached hydrogen (secondary N) is 3. The molecule has 0 heterocycles. The standard InChI is InChI=1S/C21H30N4O2/c1-3-12-23-20(26)16-25-21(22-4-2)24-13-7-14-27-19-11-10-17-8-5-6-9-18(17)15-19/h5-6,8-11,15H,3-4,7,12-14,16H2,1-2H3,(H,23,26)(H2,22,24,25). The Balaban J connectivity index is 1.71. The van der Waals surface area contributed by atoms with Gasteiger partial charge in [-0.25, -0.2) is 4.99 Å². The predicted molar refractivity (Wildman–Crippen MR) is 111 cm³/mol. The number of benzene rings is 2. The van der Waals surface area contributed by atoms with Gasteiger partial charge in [0.25, 0.3) is 0 Å². The first kappa shape index (κ1) is 20.6. The molecule has 0 aliphatic carbocycles. The van der Waals surface area contributed by atoms with Crippen LogP contribution in [-0.4, -0.2) is 44.7 Å². The molecule has 0 spiro atoms. The number of fused-ring (bicyclic) bond motifs is 1. The Labute approximate surface area is 161 Å². The van der Waals surface area contributed by atoms with E-state index in [4.69, 9.17) is 4.74 Å². The third-order valence-electron chi connectivity index (χ3n) is 3.90. The zero-order valence-corrected chi connectivity index (χ0v) is 16.3. The van der Waals surface area contributed by atoms with Gasteiger partial charge in [-0.1, -0.05) is 37.3 Å². The molecule has 0 saturated carbocycles. The van der Waals surface area contributed by atoms with Crippen molar-refractivity contribution in [2.75, 3.05) is 32.8 Å². The van der Waals surface area contributed by atoms with Gasteiger partial charge in [-0.15, -0.1) is 0 Å². The van der Waals surface area contributed by atoms with Gasteiger partial charge in [0.05, 0.1) is 6.61 Å². The average molecular weight is 370 g/mol. The highest BCUT2D eigenvalue weighted by atomic mass is 16.5. The Bertz CT molecular complexity index is 746. The highest BCUT2D eigenvalue weighted by Crippen LogP contribution is 2.20. The smallest absolute Gasteiger partial charge is 0.241 e. The molecule has 0 bridgehead atoms. The van der Waals surface area contributed by atoms with Crippen molar-refractivity contribution < 1.29 is 9.53 Å². The summed E-state index contributed by atoms with van der Waals surface area (Å²) in [7, 11) is 0. The normalized spacial score (nSPS) is 11.3. The summed E-state index contributed by atoms with van der Waals surface area (Å²) < 4.78 is 5.83. The first-order valence-electron chi connectivity index (χ1n) is 9.63. The molecular formula is C21H30N4O2. The van der Waals surface area contributed by atoms with E-state index in [-0.39, 0.29) is 12.5 Å². The van der Waals surface area contributed by atoms with Crippen LogP contribution in [-0.2, 0) is 4.79 Å². The predicted octanol–water partition coefficient (Wildman–Crippen LogP) is 2.69. The molecule has 0 saturated heterocycles. The first-order chi connectivity index (χ1) is 13.2. The van der Waals surface area contributed by atoms with Gasteiger partial charge in [0.1, 0.15) is 12.3 Å². The van der Waals surface area contributed by atoms with Gasteiger partial charge < -0.3 is 20.7 Å². The quantitative estimate of drug-likeness (QED) is 0.341. The Morgan fingerprint density at radius 3 is 2.59 bits per heavy atom. The molecule has 2 aromatic carbocycles. The van der Waals surface area contributed by atoms with E-state index in [0.29, 0.717) is 19.1 Å². The summed E-state index contributed by atoms with van der Waals surface area (Å²) in [5.41, 5.74) is 0. The average Bonchev–Trinajstić information content (AvgIpc) is 2.70. The van der Waals surface area contributed by atoms with Crippen molar-refractivity contribution in [1.82, 2.24) is 16.0 Å². The zero-order valence-electron chi connectivity index (χ0n) is 16.3. The van der Waals surface area contributed by atoms with E-state index in [0.717, 1.165) is 31.7 Å². The van der Waals surface area contributed by atoms with Crippen LogP contribution in [0.5, 0.6) is 5.75 Å². The van der Waals surface area contributed by atoms with E-state index in [1.807, 2.05) is 32.0 Å². The maximum atomic E-state index is 11.6. The SMILES string of the molecule is CCCNC(=O)CN=C(NCC)NCCCOc1ccc2ccccc2c1. The highest BCUT2D eigenvalue weighted by molar-refractivity contribution is 5.85. The molecule has 0 atom stereocenters. The van der Waals surface area contributed by atoms with Crippen LogP contribution in [0.2, 0.25) is 0 Å². The fourth-order valence-electron chi connectivity index (χ4n) is 2.54. The summed E-state index contributed by atoms with van der Waals surface area (Å²) in [6.45, 7) is 6.91. The maximum Gasteiger partial charge on any atom is 0.241 e. The third-order valence-corrected chi connectivity index (χ3v) is 3.90. The number of hydrogen-bond acceptors (Lipinski definition) is 3. The lowest BCUT2D eigenvalue weighted by Crippen LogP contribution is -2.39. The molecule has 27 heavy (non-hydrogen) atoms. The van der Waals surface area contributed by atoms with Crippen molar-refractivity contribution in [2.45, 2.75) is 26.7 Å². The number of guanidine groups is 1. The summed E-state index contributed by atoms with van der Waals surface area (Å²) >= 11 is 0. The summed E-state index contributed by atoms with van der Waals surface area (Å²) in [5, 5.41) is 11.6. The molecular weight excluding hydrogens is 340 g/mol. The second-order valence-electron chi connectivity index (χ2n) is 6.18. The van der Waals surface area contributed by atoms with Gasteiger partial charge in [0.15, 0.2) is 5.96 Å². The monoisotopic (exact) mass is 370 g/mol. The van der Waals surface area contributed by atoms with Gasteiger partial charge in [-0.2, -0.15) is 0 Å². The van der Waals surface area contributed by atoms with Crippen molar-refractivity contribution in [3.63, 3.8) is 0 Å². The maximum absolute atomic E-state index is 11.6. The molecule has 6 heteroatoms. The second-order valence-corrected chi connectivity index (χ2v) is 6.18. The number of aliphatic imine (C=N–C) groups is 1. The summed E-state index contributed by atoms with van der Waals surface area (Å²) in [4.78, 5) is 15.9. The van der Waals surface area contributed by atoms with Crippen molar-refractivity contribution in [3.05, 3.63) is 42.5 Å². The number of ether oxygens (including phenoxy) is 1. The van der Waals surface area contributed by atoms with Crippen LogP contribution >= 0.6 is 0 Å². The topological polar surface area (TPSA) is 74.8 Å². The fourth-order valence-corrected chi connectivity index (χ4v) is 2.54. The molecule has 1 amide bonds. The first-order valence-corrected chi connectivity index (χ1v) is 9.63. The number of rotatable bonds is 10. The molecule has 0 aliphatic heterocycles. The van der Waals surface area contributed by atoms with E-state index in [9.17, 15) is 4.79 Å². The van der Waals surface area contributed by atoms with Gasteiger partial charge in [-0.05, 0) is 42.7 Å². The van der Waals surface area contributed by atoms with Crippen LogP contribution in [0.4, 0.5) is 0 Å². The minimum absolute atomic E-state index is 0.0614. The minimum atomic E-state index is -0.0614. The molecule has 146 valence electrons. The molecule has 0 unspecified atom stereocenters. The van der Waals surface area contributed by atoms with Gasteiger partial charge in [0.2, 0.25) is 5.91 Å². The van der Waals surface area contributed by atoms with E-state index in [2.05, 4.69) is 45.2 Å². The molecule has 0 aliphatic rings. The zero-order chi connectivity index (χ0) is 19.3. The Hall–Kier alpha value is -2.76. The van der Waals surface area contributed by atoms with Crippen LogP contribution in [0, 0.1) is 0 Å². The number of carbonyl (C=O) groups is 1. The van der Waals surface area contributed by atoms with Gasteiger partial charge >= 0.3 is 0 Å². The van der Waals surface area contributed by atoms with E-state index in [1.54, 1.807) is 0 Å². The van der Waals surface area contributed by atoms with E-state index in [1.165, 1.54) is 10.8 Å². The lowest BCUT2D eigenvalue weighted by Gasteiger charge is -2.12. The lowest BCUT2D eigenvalue weighted by molar-refractivity contribution is -0.119. The van der Waals surface area contributed by atoms with Crippen molar-refractivity contribution >= 4 is 22.6 Å². The van der Waals surface area contributed by atoms with Gasteiger partial charge in [-0.3, -0.25) is 4.79 Å². The summed E-state index contributed by atoms with van der Waals surface area (Å²) in [6.07, 6.45) is 1.75. The largest absolute Gasteiger partial charge is 0.494 e.